The molecule has 0 unspecified atom stereocenters. The van der Waals surface area contributed by atoms with Gasteiger partial charge in [0.1, 0.15) is 0 Å². The van der Waals surface area contributed by atoms with Crippen molar-refractivity contribution >= 4 is 29.2 Å². The van der Waals surface area contributed by atoms with Gasteiger partial charge in [0, 0.05) is 37.8 Å². The maximum absolute atomic E-state index is 12.4. The van der Waals surface area contributed by atoms with Crippen molar-refractivity contribution in [3.05, 3.63) is 24.3 Å². The standard InChI is InChI=1S/C20H30N4O3/c1-15(25)23-18-9-5-8-17(14-18)22-12-13-24(20(21)27)19(26)11-10-16-6-3-2-4-7-16/h5,8-9,14,16,22H,2-4,6-7,10-13H2,1H3,(H2,21,27)(H,23,25). The van der Waals surface area contributed by atoms with Crippen LogP contribution in [0.4, 0.5) is 16.2 Å². The van der Waals surface area contributed by atoms with Crippen LogP contribution in [0.15, 0.2) is 24.3 Å². The Bertz CT molecular complexity index is 656. The van der Waals surface area contributed by atoms with Gasteiger partial charge in [0.15, 0.2) is 0 Å². The number of nitrogens with one attached hydrogen (secondary N) is 2. The van der Waals surface area contributed by atoms with Gasteiger partial charge >= 0.3 is 6.03 Å². The predicted molar refractivity (Wildman–Crippen MR) is 106 cm³/mol. The van der Waals surface area contributed by atoms with Crippen molar-refractivity contribution in [2.75, 3.05) is 23.7 Å². The summed E-state index contributed by atoms with van der Waals surface area (Å²) in [5.74, 6) is 0.240. The Hall–Kier alpha value is -2.57. The van der Waals surface area contributed by atoms with Crippen LogP contribution in [0.5, 0.6) is 0 Å². The van der Waals surface area contributed by atoms with Gasteiger partial charge in [-0.1, -0.05) is 38.2 Å². The van der Waals surface area contributed by atoms with E-state index in [1.165, 1.54) is 39.0 Å². The first kappa shape index (κ1) is 20.7. The Kier molecular flexibility index (Phi) is 8.10. The van der Waals surface area contributed by atoms with E-state index in [4.69, 9.17) is 5.73 Å². The number of amides is 4. The maximum Gasteiger partial charge on any atom is 0.321 e. The third kappa shape index (κ3) is 7.29. The predicted octanol–water partition coefficient (Wildman–Crippen LogP) is 3.32. The van der Waals surface area contributed by atoms with E-state index in [0.717, 1.165) is 17.0 Å². The molecule has 4 amide bonds. The number of benzene rings is 1. The van der Waals surface area contributed by atoms with Crippen LogP contribution in [0.2, 0.25) is 0 Å². The Morgan fingerprint density at radius 1 is 1.15 bits per heavy atom. The van der Waals surface area contributed by atoms with E-state index in [0.29, 0.717) is 24.6 Å². The topological polar surface area (TPSA) is 105 Å². The molecule has 0 heterocycles. The first-order valence-corrected chi connectivity index (χ1v) is 9.67. The zero-order valence-corrected chi connectivity index (χ0v) is 16.0. The normalized spacial score (nSPS) is 14.4. The molecule has 148 valence electrons. The van der Waals surface area contributed by atoms with Gasteiger partial charge in [-0.25, -0.2) is 4.79 Å². The van der Waals surface area contributed by atoms with Crippen LogP contribution < -0.4 is 16.4 Å². The van der Waals surface area contributed by atoms with Crippen LogP contribution >= 0.6 is 0 Å². The number of nitrogens with two attached hydrogens (primary N) is 1. The lowest BCUT2D eigenvalue weighted by Gasteiger charge is -2.23. The molecule has 0 aliphatic heterocycles. The average molecular weight is 374 g/mol. The van der Waals surface area contributed by atoms with Crippen LogP contribution in [0.25, 0.3) is 0 Å². The van der Waals surface area contributed by atoms with E-state index in [2.05, 4.69) is 10.6 Å². The molecule has 0 bridgehead atoms. The van der Waals surface area contributed by atoms with Crippen molar-refractivity contribution in [1.82, 2.24) is 4.90 Å². The second-order valence-corrected chi connectivity index (χ2v) is 7.12. The Balaban J connectivity index is 1.80. The first-order chi connectivity index (χ1) is 13.0. The molecule has 0 saturated heterocycles. The molecule has 7 nitrogen and oxygen atoms in total. The van der Waals surface area contributed by atoms with Crippen molar-refractivity contribution < 1.29 is 14.4 Å². The van der Waals surface area contributed by atoms with Crippen molar-refractivity contribution in [1.29, 1.82) is 0 Å². The van der Waals surface area contributed by atoms with Crippen LogP contribution in [0.1, 0.15) is 51.9 Å². The number of imide groups is 1. The highest BCUT2D eigenvalue weighted by atomic mass is 16.2. The molecule has 4 N–H and O–H groups in total. The van der Waals surface area contributed by atoms with E-state index in [9.17, 15) is 14.4 Å². The van der Waals surface area contributed by atoms with Gasteiger partial charge in [0.25, 0.3) is 0 Å². The molecule has 0 aromatic heterocycles. The number of nitrogens with zero attached hydrogens (tertiary/aromatic N) is 1. The van der Waals surface area contributed by atoms with E-state index in [1.54, 1.807) is 12.1 Å². The fraction of sp³-hybridized carbons (Fsp3) is 0.550. The van der Waals surface area contributed by atoms with Crippen molar-refractivity contribution in [3.63, 3.8) is 0 Å². The second-order valence-electron chi connectivity index (χ2n) is 7.12. The smallest absolute Gasteiger partial charge is 0.321 e. The van der Waals surface area contributed by atoms with Crippen molar-refractivity contribution in [2.45, 2.75) is 51.9 Å². The van der Waals surface area contributed by atoms with Crippen LogP contribution in [0.3, 0.4) is 0 Å². The number of rotatable bonds is 8. The van der Waals surface area contributed by atoms with E-state index in [-0.39, 0.29) is 18.4 Å². The third-order valence-electron chi connectivity index (χ3n) is 4.91. The number of hydrogen-bond donors (Lipinski definition) is 3. The minimum atomic E-state index is -0.711. The molecule has 2 rings (SSSR count). The highest BCUT2D eigenvalue weighted by Crippen LogP contribution is 2.27. The Morgan fingerprint density at radius 3 is 2.52 bits per heavy atom. The number of carbonyl (C=O) groups excluding carboxylic acids is 3. The maximum atomic E-state index is 12.4. The van der Waals surface area contributed by atoms with Crippen LogP contribution in [-0.4, -0.2) is 35.8 Å². The summed E-state index contributed by atoms with van der Waals surface area (Å²) >= 11 is 0. The molecular weight excluding hydrogens is 344 g/mol. The van der Waals surface area contributed by atoms with Gasteiger partial charge in [0.05, 0.1) is 0 Å². The molecule has 0 radical (unpaired) electrons. The van der Waals surface area contributed by atoms with E-state index < -0.39 is 6.03 Å². The number of primary amides is 1. The van der Waals surface area contributed by atoms with Crippen LogP contribution in [-0.2, 0) is 9.59 Å². The van der Waals surface area contributed by atoms with Crippen molar-refractivity contribution in [3.8, 4) is 0 Å². The molecule has 1 saturated carbocycles. The summed E-state index contributed by atoms with van der Waals surface area (Å²) in [4.78, 5) is 36.3. The largest absolute Gasteiger partial charge is 0.383 e. The lowest BCUT2D eigenvalue weighted by Crippen LogP contribution is -2.43. The van der Waals surface area contributed by atoms with Crippen LogP contribution in [0, 0.1) is 5.92 Å². The number of hydrogen-bond acceptors (Lipinski definition) is 4. The lowest BCUT2D eigenvalue weighted by atomic mass is 9.86. The minimum Gasteiger partial charge on any atom is -0.383 e. The summed E-state index contributed by atoms with van der Waals surface area (Å²) in [6.07, 6.45) is 7.30. The molecule has 27 heavy (non-hydrogen) atoms. The van der Waals surface area contributed by atoms with Gasteiger partial charge in [-0.2, -0.15) is 0 Å². The fourth-order valence-electron chi connectivity index (χ4n) is 3.52. The molecule has 7 heteroatoms. The molecule has 0 spiro atoms. The Morgan fingerprint density at radius 2 is 1.85 bits per heavy atom. The average Bonchev–Trinajstić information content (AvgIpc) is 2.63. The third-order valence-corrected chi connectivity index (χ3v) is 4.91. The number of carbonyl (C=O) groups is 3. The molecular formula is C20H30N4O3. The summed E-state index contributed by atoms with van der Waals surface area (Å²) in [5, 5.41) is 5.86. The quantitative estimate of drug-likeness (QED) is 0.649. The summed E-state index contributed by atoms with van der Waals surface area (Å²) in [6, 6.07) is 6.54. The SMILES string of the molecule is CC(=O)Nc1cccc(NCCN(C(N)=O)C(=O)CCC2CCCCC2)c1. The van der Waals surface area contributed by atoms with E-state index in [1.807, 2.05) is 12.1 Å². The minimum absolute atomic E-state index is 0.143. The monoisotopic (exact) mass is 374 g/mol. The van der Waals surface area contributed by atoms with Gasteiger partial charge in [-0.15, -0.1) is 0 Å². The Labute approximate surface area is 160 Å². The van der Waals surface area contributed by atoms with Crippen molar-refractivity contribution in [2.24, 2.45) is 11.7 Å². The van der Waals surface area contributed by atoms with Gasteiger partial charge in [-0.05, 0) is 30.5 Å². The molecule has 0 atom stereocenters. The molecule has 1 fully saturated rings. The first-order valence-electron chi connectivity index (χ1n) is 9.67. The zero-order valence-electron chi connectivity index (χ0n) is 16.0. The number of anilines is 2. The van der Waals surface area contributed by atoms with E-state index >= 15 is 0 Å². The number of urea groups is 1. The second kappa shape index (κ2) is 10.5. The molecule has 1 aliphatic rings. The summed E-state index contributed by atoms with van der Waals surface area (Å²) in [6.45, 7) is 2.05. The van der Waals surface area contributed by atoms with Gasteiger partial charge in [-0.3, -0.25) is 14.5 Å². The lowest BCUT2D eigenvalue weighted by molar-refractivity contribution is -0.128. The summed E-state index contributed by atoms with van der Waals surface area (Å²) in [5.41, 5.74) is 6.87. The van der Waals surface area contributed by atoms with Gasteiger partial charge in [0.2, 0.25) is 11.8 Å². The van der Waals surface area contributed by atoms with Gasteiger partial charge < -0.3 is 16.4 Å². The fourth-order valence-corrected chi connectivity index (χ4v) is 3.52. The summed E-state index contributed by atoms with van der Waals surface area (Å²) in [7, 11) is 0. The molecule has 1 aromatic rings. The summed E-state index contributed by atoms with van der Waals surface area (Å²) < 4.78 is 0. The molecule has 1 aliphatic carbocycles. The highest BCUT2D eigenvalue weighted by Gasteiger charge is 2.21. The highest BCUT2D eigenvalue weighted by molar-refractivity contribution is 5.93. The zero-order chi connectivity index (χ0) is 19.6. The molecule has 1 aromatic carbocycles.